The maximum Gasteiger partial charge on any atom is 0.272 e. The highest BCUT2D eigenvalue weighted by atomic mass is 16.2. The minimum atomic E-state index is -0.0837. The molecule has 4 aromatic rings. The number of rotatable bonds is 3. The zero-order valence-corrected chi connectivity index (χ0v) is 16.9. The van der Waals surface area contributed by atoms with Crippen molar-refractivity contribution in [2.24, 2.45) is 0 Å². The fraction of sp³-hybridized carbons (Fsp3) is 0.208. The maximum absolute atomic E-state index is 12.3. The molecule has 0 aliphatic carbocycles. The predicted octanol–water partition coefficient (Wildman–Crippen LogP) is 2.71. The summed E-state index contributed by atoms with van der Waals surface area (Å²) in [6, 6.07) is 12.1. The molecule has 31 heavy (non-hydrogen) atoms. The van der Waals surface area contributed by atoms with Gasteiger partial charge in [0.15, 0.2) is 0 Å². The van der Waals surface area contributed by atoms with Crippen LogP contribution in [0.3, 0.4) is 0 Å². The van der Waals surface area contributed by atoms with Crippen molar-refractivity contribution < 1.29 is 4.79 Å². The number of hydrogen-bond donors (Lipinski definition) is 2. The predicted molar refractivity (Wildman–Crippen MR) is 119 cm³/mol. The first-order valence-electron chi connectivity index (χ1n) is 10.5. The molecule has 0 fully saturated rings. The fourth-order valence-electron chi connectivity index (χ4n) is 4.61. The minimum absolute atomic E-state index is 0.0694. The van der Waals surface area contributed by atoms with Crippen LogP contribution in [0.15, 0.2) is 59.7 Å². The van der Waals surface area contributed by atoms with E-state index in [4.69, 9.17) is 0 Å². The Kier molecular flexibility index (Phi) is 4.04. The SMILES string of the molecule is O=C1NCc2cc(C3=CCN(Cc4ccc5c(c4)[nH]c(=O)c4cccn45)CC3)cnc21. The van der Waals surface area contributed by atoms with Gasteiger partial charge in [0.2, 0.25) is 0 Å². The molecular weight excluding hydrogens is 390 g/mol. The Bertz CT molecular complexity index is 1450. The lowest BCUT2D eigenvalue weighted by Crippen LogP contribution is -2.28. The lowest BCUT2D eigenvalue weighted by molar-refractivity contribution is 0.0961. The molecule has 1 aromatic carbocycles. The lowest BCUT2D eigenvalue weighted by Gasteiger charge is -2.26. The second kappa shape index (κ2) is 6.92. The number of fused-ring (bicyclic) bond motifs is 4. The van der Waals surface area contributed by atoms with E-state index < -0.39 is 0 Å². The quantitative estimate of drug-likeness (QED) is 0.543. The zero-order chi connectivity index (χ0) is 20.9. The van der Waals surface area contributed by atoms with Crippen molar-refractivity contribution in [1.29, 1.82) is 0 Å². The number of nitrogens with zero attached hydrogens (tertiary/aromatic N) is 3. The molecule has 154 valence electrons. The number of nitrogens with one attached hydrogen (secondary N) is 2. The van der Waals surface area contributed by atoms with Gasteiger partial charge in [-0.1, -0.05) is 12.1 Å². The Labute approximate surface area is 178 Å². The van der Waals surface area contributed by atoms with Crippen molar-refractivity contribution in [3.63, 3.8) is 0 Å². The number of H-pyrrole nitrogens is 1. The van der Waals surface area contributed by atoms with Gasteiger partial charge in [0.05, 0.1) is 11.0 Å². The molecule has 0 saturated heterocycles. The van der Waals surface area contributed by atoms with Crippen molar-refractivity contribution in [2.45, 2.75) is 19.5 Å². The van der Waals surface area contributed by atoms with Crippen LogP contribution in [0.4, 0.5) is 0 Å². The summed E-state index contributed by atoms with van der Waals surface area (Å²) in [5.74, 6) is -0.0837. The van der Waals surface area contributed by atoms with Crippen molar-refractivity contribution in [3.8, 4) is 0 Å². The Balaban J connectivity index is 1.21. The summed E-state index contributed by atoms with van der Waals surface area (Å²) in [6.07, 6.45) is 6.93. The molecule has 6 rings (SSSR count). The number of amides is 1. The monoisotopic (exact) mass is 411 g/mol. The first-order valence-corrected chi connectivity index (χ1v) is 10.5. The van der Waals surface area contributed by atoms with E-state index in [1.165, 1.54) is 11.1 Å². The molecule has 0 atom stereocenters. The van der Waals surface area contributed by atoms with Crippen LogP contribution in [0.25, 0.3) is 22.1 Å². The van der Waals surface area contributed by atoms with Crippen LogP contribution < -0.4 is 10.9 Å². The Morgan fingerprint density at radius 1 is 1.10 bits per heavy atom. The molecule has 1 amide bonds. The third-order valence-corrected chi connectivity index (χ3v) is 6.24. The molecule has 2 aliphatic heterocycles. The fourth-order valence-corrected chi connectivity index (χ4v) is 4.61. The smallest absolute Gasteiger partial charge is 0.272 e. The van der Waals surface area contributed by atoms with E-state index in [1.807, 2.05) is 28.9 Å². The van der Waals surface area contributed by atoms with Gasteiger partial charge in [-0.15, -0.1) is 0 Å². The number of hydrogen-bond acceptors (Lipinski definition) is 4. The second-order valence-electron chi connectivity index (χ2n) is 8.20. The number of aromatic nitrogens is 3. The van der Waals surface area contributed by atoms with Crippen LogP contribution in [0.2, 0.25) is 0 Å². The molecule has 2 N–H and O–H groups in total. The average Bonchev–Trinajstić information content (AvgIpc) is 3.42. The number of pyridine rings is 1. The van der Waals surface area contributed by atoms with Gasteiger partial charge in [0.1, 0.15) is 11.2 Å². The van der Waals surface area contributed by atoms with Crippen LogP contribution in [0, 0.1) is 0 Å². The molecular formula is C24H21N5O2. The standard InChI is InChI=1S/C24H21N5O2/c30-23-21-2-1-7-29(21)20-4-3-15(10-19(20)27-23)14-28-8-5-16(6-9-28)17-11-18-13-26-24(31)22(18)25-12-17/h1-5,7,10-12H,6,8-9,13-14H2,(H,26,31)(H,27,30). The van der Waals surface area contributed by atoms with E-state index in [2.05, 4.69) is 50.5 Å². The van der Waals surface area contributed by atoms with Crippen LogP contribution in [0.1, 0.15) is 33.6 Å². The molecule has 0 radical (unpaired) electrons. The molecule has 0 unspecified atom stereocenters. The highest BCUT2D eigenvalue weighted by Gasteiger charge is 2.22. The highest BCUT2D eigenvalue weighted by Crippen LogP contribution is 2.26. The Hall–Kier alpha value is -3.71. The summed E-state index contributed by atoms with van der Waals surface area (Å²) in [7, 11) is 0. The van der Waals surface area contributed by atoms with Gasteiger partial charge < -0.3 is 14.7 Å². The minimum Gasteiger partial charge on any atom is -0.347 e. The summed E-state index contributed by atoms with van der Waals surface area (Å²) in [5.41, 5.74) is 7.54. The second-order valence-corrected chi connectivity index (χ2v) is 8.20. The number of benzene rings is 1. The average molecular weight is 411 g/mol. The summed E-state index contributed by atoms with van der Waals surface area (Å²) >= 11 is 0. The Morgan fingerprint density at radius 3 is 2.90 bits per heavy atom. The van der Waals surface area contributed by atoms with Crippen LogP contribution >= 0.6 is 0 Å². The normalized spacial score (nSPS) is 16.5. The van der Waals surface area contributed by atoms with E-state index in [0.29, 0.717) is 17.8 Å². The van der Waals surface area contributed by atoms with Gasteiger partial charge in [0, 0.05) is 44.1 Å². The number of carbonyl (C=O) groups excluding carboxylic acids is 1. The van der Waals surface area contributed by atoms with Gasteiger partial charge in [-0.05, 0) is 53.5 Å². The molecule has 7 nitrogen and oxygen atoms in total. The summed E-state index contributed by atoms with van der Waals surface area (Å²) in [5, 5.41) is 2.82. The summed E-state index contributed by atoms with van der Waals surface area (Å²) in [4.78, 5) is 33.8. The zero-order valence-electron chi connectivity index (χ0n) is 16.9. The first kappa shape index (κ1) is 18.1. The van der Waals surface area contributed by atoms with E-state index in [0.717, 1.165) is 48.2 Å². The third-order valence-electron chi connectivity index (χ3n) is 6.24. The van der Waals surface area contributed by atoms with Gasteiger partial charge in [-0.3, -0.25) is 19.5 Å². The molecule has 3 aromatic heterocycles. The van der Waals surface area contributed by atoms with Crippen molar-refractivity contribution >= 4 is 28.0 Å². The molecule has 0 bridgehead atoms. The summed E-state index contributed by atoms with van der Waals surface area (Å²) < 4.78 is 1.93. The van der Waals surface area contributed by atoms with Gasteiger partial charge in [-0.2, -0.15) is 0 Å². The van der Waals surface area contributed by atoms with E-state index in [-0.39, 0.29) is 11.5 Å². The van der Waals surface area contributed by atoms with Crippen LogP contribution in [0.5, 0.6) is 0 Å². The molecule has 5 heterocycles. The molecule has 7 heteroatoms. The molecule has 0 spiro atoms. The largest absolute Gasteiger partial charge is 0.347 e. The first-order chi connectivity index (χ1) is 15.2. The van der Waals surface area contributed by atoms with Crippen LogP contribution in [-0.4, -0.2) is 38.3 Å². The third kappa shape index (κ3) is 3.05. The van der Waals surface area contributed by atoms with Gasteiger partial charge in [0.25, 0.3) is 11.5 Å². The van der Waals surface area contributed by atoms with Gasteiger partial charge >= 0.3 is 0 Å². The van der Waals surface area contributed by atoms with Crippen molar-refractivity contribution in [1.82, 2.24) is 24.6 Å². The van der Waals surface area contributed by atoms with Crippen LogP contribution in [-0.2, 0) is 13.1 Å². The maximum atomic E-state index is 12.3. The van der Waals surface area contributed by atoms with E-state index in [9.17, 15) is 9.59 Å². The van der Waals surface area contributed by atoms with E-state index in [1.54, 1.807) is 0 Å². The van der Waals surface area contributed by atoms with Gasteiger partial charge in [-0.25, -0.2) is 0 Å². The Morgan fingerprint density at radius 2 is 2.03 bits per heavy atom. The van der Waals surface area contributed by atoms with E-state index >= 15 is 0 Å². The summed E-state index contributed by atoms with van der Waals surface area (Å²) in [6.45, 7) is 3.19. The molecule has 2 aliphatic rings. The lowest BCUT2D eigenvalue weighted by atomic mass is 9.99. The van der Waals surface area contributed by atoms with Crippen molar-refractivity contribution in [2.75, 3.05) is 13.1 Å². The highest BCUT2D eigenvalue weighted by molar-refractivity contribution is 5.96. The topological polar surface area (TPSA) is 82.5 Å². The number of aromatic amines is 1. The number of carbonyl (C=O) groups is 1. The van der Waals surface area contributed by atoms with Crippen molar-refractivity contribution in [3.05, 3.63) is 87.6 Å². The molecule has 0 saturated carbocycles.